The first kappa shape index (κ1) is 12.4. The summed E-state index contributed by atoms with van der Waals surface area (Å²) in [5.41, 5.74) is -0.832. The number of carboxylic acids is 1. The van der Waals surface area contributed by atoms with E-state index in [2.05, 4.69) is 0 Å². The first-order valence-electron chi connectivity index (χ1n) is 4.80. The first-order valence-corrected chi connectivity index (χ1v) is 5.74. The van der Waals surface area contributed by atoms with Crippen LogP contribution in [0, 0.1) is 11.6 Å². The Hall–Kier alpha value is -2.08. The lowest BCUT2D eigenvalue weighted by atomic mass is 10.0. The highest BCUT2D eigenvalue weighted by Crippen LogP contribution is 2.21. The Balaban J connectivity index is 2.51. The molecule has 0 radical (unpaired) electrons. The molecule has 0 aliphatic rings. The second-order valence-electron chi connectivity index (χ2n) is 3.46. The number of carbonyl (C=O) groups excluding carboxylic acids is 1. The van der Waals surface area contributed by atoms with Crippen LogP contribution >= 0.6 is 11.3 Å². The van der Waals surface area contributed by atoms with Gasteiger partial charge in [0.15, 0.2) is 5.78 Å². The third kappa shape index (κ3) is 2.14. The number of carboxylic acid groups (broad SMARTS) is 1. The summed E-state index contributed by atoms with van der Waals surface area (Å²) in [6.45, 7) is 0. The first-order chi connectivity index (χ1) is 8.50. The number of halogens is 2. The van der Waals surface area contributed by atoms with Gasteiger partial charge in [-0.15, -0.1) is 0 Å². The maximum atomic E-state index is 13.4. The summed E-state index contributed by atoms with van der Waals surface area (Å²) < 4.78 is 26.4. The van der Waals surface area contributed by atoms with Gasteiger partial charge < -0.3 is 5.11 Å². The Labute approximate surface area is 104 Å². The minimum atomic E-state index is -1.28. The van der Waals surface area contributed by atoms with Crippen molar-refractivity contribution in [1.29, 1.82) is 0 Å². The molecular formula is C12H6F2O3S. The van der Waals surface area contributed by atoms with Gasteiger partial charge in [0.1, 0.15) is 11.6 Å². The third-order valence-corrected chi connectivity index (χ3v) is 3.05. The molecule has 0 aliphatic carbocycles. The zero-order valence-corrected chi connectivity index (χ0v) is 9.63. The van der Waals surface area contributed by atoms with Crippen LogP contribution in [0.3, 0.4) is 0 Å². The Kier molecular flexibility index (Phi) is 3.20. The second kappa shape index (κ2) is 4.66. The van der Waals surface area contributed by atoms with Crippen LogP contribution in [0.4, 0.5) is 8.78 Å². The standard InChI is InChI=1S/C12H6F2O3S/c13-6-1-2-10(14)7(3-6)11(15)8-4-18-5-9(8)12(16)17/h1-5H,(H,16,17). The fourth-order valence-electron chi connectivity index (χ4n) is 1.46. The monoisotopic (exact) mass is 268 g/mol. The van der Waals surface area contributed by atoms with E-state index in [1.807, 2.05) is 0 Å². The number of hydrogen-bond donors (Lipinski definition) is 1. The lowest BCUT2D eigenvalue weighted by Crippen LogP contribution is -2.09. The van der Waals surface area contributed by atoms with E-state index in [0.717, 1.165) is 29.5 Å². The van der Waals surface area contributed by atoms with Crippen molar-refractivity contribution in [3.8, 4) is 0 Å². The molecule has 6 heteroatoms. The van der Waals surface area contributed by atoms with Crippen LogP contribution in [0.1, 0.15) is 26.3 Å². The van der Waals surface area contributed by atoms with Crippen molar-refractivity contribution >= 4 is 23.1 Å². The van der Waals surface area contributed by atoms with Gasteiger partial charge in [-0.1, -0.05) is 0 Å². The molecule has 0 aliphatic heterocycles. The lowest BCUT2D eigenvalue weighted by molar-refractivity contribution is 0.0693. The Morgan fingerprint density at radius 3 is 2.39 bits per heavy atom. The summed E-state index contributed by atoms with van der Waals surface area (Å²) in [6.07, 6.45) is 0. The molecule has 2 aromatic rings. The van der Waals surface area contributed by atoms with E-state index in [1.54, 1.807) is 0 Å². The van der Waals surface area contributed by atoms with E-state index in [0.29, 0.717) is 0 Å². The molecule has 1 aromatic heterocycles. The summed E-state index contributed by atoms with van der Waals surface area (Å²) in [6, 6.07) is 2.47. The molecule has 0 amide bonds. The number of rotatable bonds is 3. The maximum Gasteiger partial charge on any atom is 0.337 e. The fourth-order valence-corrected chi connectivity index (χ4v) is 2.26. The van der Waals surface area contributed by atoms with E-state index in [9.17, 15) is 18.4 Å². The highest BCUT2D eigenvalue weighted by Gasteiger charge is 2.21. The molecule has 0 bridgehead atoms. The Morgan fingerprint density at radius 2 is 1.72 bits per heavy atom. The highest BCUT2D eigenvalue weighted by molar-refractivity contribution is 7.08. The number of carbonyl (C=O) groups is 2. The van der Waals surface area contributed by atoms with Gasteiger partial charge in [-0.25, -0.2) is 13.6 Å². The van der Waals surface area contributed by atoms with Gasteiger partial charge in [0.25, 0.3) is 0 Å². The van der Waals surface area contributed by atoms with Gasteiger partial charge in [0.05, 0.1) is 11.1 Å². The van der Waals surface area contributed by atoms with Crippen molar-refractivity contribution < 1.29 is 23.5 Å². The molecule has 1 aromatic carbocycles. The predicted molar refractivity (Wildman–Crippen MR) is 61.1 cm³/mol. The van der Waals surface area contributed by atoms with Crippen LogP contribution < -0.4 is 0 Å². The molecule has 18 heavy (non-hydrogen) atoms. The van der Waals surface area contributed by atoms with E-state index in [1.165, 1.54) is 10.8 Å². The molecule has 0 spiro atoms. The summed E-state index contributed by atoms with van der Waals surface area (Å²) in [5, 5.41) is 11.4. The van der Waals surface area contributed by atoms with E-state index in [4.69, 9.17) is 5.11 Å². The Bertz CT molecular complexity index is 634. The summed E-state index contributed by atoms with van der Waals surface area (Å²) >= 11 is 1.01. The topological polar surface area (TPSA) is 54.4 Å². The molecule has 0 unspecified atom stereocenters. The van der Waals surface area contributed by atoms with Crippen LogP contribution in [-0.4, -0.2) is 16.9 Å². The number of benzene rings is 1. The summed E-state index contributed by atoms with van der Waals surface area (Å²) in [7, 11) is 0. The van der Waals surface area contributed by atoms with Crippen molar-refractivity contribution in [3.63, 3.8) is 0 Å². The zero-order valence-electron chi connectivity index (χ0n) is 8.81. The van der Waals surface area contributed by atoms with Gasteiger partial charge in [-0.2, -0.15) is 11.3 Å². The van der Waals surface area contributed by atoms with Crippen molar-refractivity contribution in [2.75, 3.05) is 0 Å². The molecule has 1 heterocycles. The number of aromatic carboxylic acids is 1. The van der Waals surface area contributed by atoms with E-state index < -0.39 is 29.0 Å². The fraction of sp³-hybridized carbons (Fsp3) is 0. The SMILES string of the molecule is O=C(O)c1cscc1C(=O)c1cc(F)ccc1F. The van der Waals surface area contributed by atoms with Gasteiger partial charge in [0, 0.05) is 16.3 Å². The van der Waals surface area contributed by atoms with Gasteiger partial charge in [-0.3, -0.25) is 4.79 Å². The smallest absolute Gasteiger partial charge is 0.337 e. The molecule has 2 rings (SSSR count). The predicted octanol–water partition coefficient (Wildman–Crippen LogP) is 2.96. The molecule has 0 atom stereocenters. The zero-order chi connectivity index (χ0) is 13.3. The molecule has 0 saturated heterocycles. The molecule has 92 valence electrons. The van der Waals surface area contributed by atoms with E-state index >= 15 is 0 Å². The second-order valence-corrected chi connectivity index (χ2v) is 4.20. The number of thiophene rings is 1. The lowest BCUT2D eigenvalue weighted by Gasteiger charge is -2.02. The van der Waals surface area contributed by atoms with Crippen LogP contribution in [-0.2, 0) is 0 Å². The van der Waals surface area contributed by atoms with Crippen molar-refractivity contribution in [3.05, 3.63) is 57.3 Å². The summed E-state index contributed by atoms with van der Waals surface area (Å²) in [5.74, 6) is -3.77. The Morgan fingerprint density at radius 1 is 1.06 bits per heavy atom. The highest BCUT2D eigenvalue weighted by atomic mass is 32.1. The molecule has 3 nitrogen and oxygen atoms in total. The largest absolute Gasteiger partial charge is 0.478 e. The minimum absolute atomic E-state index is 0.142. The third-order valence-electron chi connectivity index (χ3n) is 2.31. The van der Waals surface area contributed by atoms with Crippen LogP contribution in [0.2, 0.25) is 0 Å². The van der Waals surface area contributed by atoms with Crippen LogP contribution in [0.25, 0.3) is 0 Å². The van der Waals surface area contributed by atoms with Gasteiger partial charge in [-0.05, 0) is 18.2 Å². The summed E-state index contributed by atoms with van der Waals surface area (Å²) in [4.78, 5) is 22.8. The van der Waals surface area contributed by atoms with Gasteiger partial charge >= 0.3 is 5.97 Å². The van der Waals surface area contributed by atoms with Crippen molar-refractivity contribution in [2.24, 2.45) is 0 Å². The average molecular weight is 268 g/mol. The quantitative estimate of drug-likeness (QED) is 0.871. The number of ketones is 1. The van der Waals surface area contributed by atoms with Crippen LogP contribution in [0.15, 0.2) is 29.0 Å². The van der Waals surface area contributed by atoms with Crippen molar-refractivity contribution in [1.82, 2.24) is 0 Å². The molecular weight excluding hydrogens is 262 g/mol. The molecule has 0 fully saturated rings. The van der Waals surface area contributed by atoms with Gasteiger partial charge in [0.2, 0.25) is 0 Å². The normalized spacial score (nSPS) is 10.3. The maximum absolute atomic E-state index is 13.4. The minimum Gasteiger partial charge on any atom is -0.478 e. The van der Waals surface area contributed by atoms with Crippen LogP contribution in [0.5, 0.6) is 0 Å². The molecule has 0 saturated carbocycles. The van der Waals surface area contributed by atoms with E-state index in [-0.39, 0.29) is 11.1 Å². The number of hydrogen-bond acceptors (Lipinski definition) is 3. The molecule has 1 N–H and O–H groups in total. The average Bonchev–Trinajstić information content (AvgIpc) is 2.80. The van der Waals surface area contributed by atoms with Crippen molar-refractivity contribution in [2.45, 2.75) is 0 Å².